The number of aryl methyl sites for hydroxylation is 1. The average Bonchev–Trinajstić information content (AvgIpc) is 2.04. The number of rotatable bonds is 0. The van der Waals surface area contributed by atoms with Crippen LogP contribution < -0.4 is 0 Å². The van der Waals surface area contributed by atoms with Gasteiger partial charge in [0.25, 0.3) is 0 Å². The zero-order chi connectivity index (χ0) is 8.55. The van der Waals surface area contributed by atoms with E-state index in [1.165, 1.54) is 23.7 Å². The lowest BCUT2D eigenvalue weighted by Crippen LogP contribution is -2.07. The van der Waals surface area contributed by atoms with Crippen LogP contribution in [0.4, 0.5) is 0 Å². The fourth-order valence-corrected chi connectivity index (χ4v) is 2.89. The fourth-order valence-electron chi connectivity index (χ4n) is 2.09. The van der Waals surface area contributed by atoms with Gasteiger partial charge in [-0.15, -0.1) is 0 Å². The second kappa shape index (κ2) is 3.21. The molecule has 0 bridgehead atoms. The lowest BCUT2D eigenvalue weighted by molar-refractivity contribution is 0.588. The first kappa shape index (κ1) is 8.31. The number of hydrogen-bond acceptors (Lipinski definition) is 0. The zero-order valence-corrected chi connectivity index (χ0v) is 8.89. The maximum Gasteiger partial charge on any atom is 0.0212 e. The number of benzene rings is 1. The van der Waals surface area contributed by atoms with Crippen LogP contribution in [0.3, 0.4) is 0 Å². The maximum absolute atomic E-state index is 3.62. The Labute approximate surface area is 82.1 Å². The van der Waals surface area contributed by atoms with Gasteiger partial charge in [0.15, 0.2) is 0 Å². The van der Waals surface area contributed by atoms with Crippen molar-refractivity contribution in [3.63, 3.8) is 0 Å². The molecule has 1 unspecified atom stereocenters. The van der Waals surface area contributed by atoms with Gasteiger partial charge in [0, 0.05) is 4.47 Å². The lowest BCUT2D eigenvalue weighted by atomic mass is 9.84. The molecule has 64 valence electrons. The van der Waals surface area contributed by atoms with E-state index in [0.717, 1.165) is 5.92 Å². The second-order valence-corrected chi connectivity index (χ2v) is 4.46. The summed E-state index contributed by atoms with van der Waals surface area (Å²) in [5, 5.41) is 0. The quantitative estimate of drug-likeness (QED) is 0.628. The lowest BCUT2D eigenvalue weighted by Gasteiger charge is -2.23. The van der Waals surface area contributed by atoms with Crippen LogP contribution in [0, 0.1) is 0 Å². The molecule has 0 saturated heterocycles. The van der Waals surface area contributed by atoms with Gasteiger partial charge in [0.1, 0.15) is 0 Å². The molecule has 0 fully saturated rings. The molecule has 1 aromatic rings. The molecule has 0 amide bonds. The van der Waals surface area contributed by atoms with E-state index >= 15 is 0 Å². The van der Waals surface area contributed by atoms with E-state index in [9.17, 15) is 0 Å². The molecule has 1 aliphatic carbocycles. The van der Waals surface area contributed by atoms with Gasteiger partial charge >= 0.3 is 0 Å². The minimum absolute atomic E-state index is 0.740. The Morgan fingerprint density at radius 2 is 2.25 bits per heavy atom. The third-order valence-corrected chi connectivity index (χ3v) is 3.41. The molecule has 0 N–H and O–H groups in total. The summed E-state index contributed by atoms with van der Waals surface area (Å²) in [6.45, 7) is 2.32. The number of hydrogen-bond donors (Lipinski definition) is 0. The van der Waals surface area contributed by atoms with E-state index in [1.54, 1.807) is 11.1 Å². The fraction of sp³-hybridized carbons (Fsp3) is 0.455. The van der Waals surface area contributed by atoms with Crippen LogP contribution in [0.5, 0.6) is 0 Å². The summed E-state index contributed by atoms with van der Waals surface area (Å²) in [4.78, 5) is 0. The van der Waals surface area contributed by atoms with Gasteiger partial charge in [-0.2, -0.15) is 0 Å². The first-order valence-corrected chi connectivity index (χ1v) is 5.35. The second-order valence-electron chi connectivity index (χ2n) is 3.61. The van der Waals surface area contributed by atoms with Crippen molar-refractivity contribution in [3.05, 3.63) is 33.8 Å². The Kier molecular flexibility index (Phi) is 2.22. The highest BCUT2D eigenvalue weighted by molar-refractivity contribution is 9.10. The van der Waals surface area contributed by atoms with Crippen LogP contribution in [0.2, 0.25) is 0 Å². The molecule has 1 aromatic carbocycles. The summed E-state index contributed by atoms with van der Waals surface area (Å²) >= 11 is 3.62. The Bertz CT molecular complexity index is 291. The molecular formula is C11H13Br. The van der Waals surface area contributed by atoms with Crippen molar-refractivity contribution >= 4 is 15.9 Å². The Hall–Kier alpha value is -0.300. The van der Waals surface area contributed by atoms with E-state index in [0.29, 0.717) is 0 Å². The largest absolute Gasteiger partial charge is 0.0609 e. The third kappa shape index (κ3) is 1.31. The predicted octanol–water partition coefficient (Wildman–Crippen LogP) is 3.89. The van der Waals surface area contributed by atoms with Gasteiger partial charge in [-0.05, 0) is 42.4 Å². The summed E-state index contributed by atoms with van der Waals surface area (Å²) < 4.78 is 1.30. The Morgan fingerprint density at radius 1 is 1.42 bits per heavy atom. The van der Waals surface area contributed by atoms with Gasteiger partial charge in [0.2, 0.25) is 0 Å². The summed E-state index contributed by atoms with van der Waals surface area (Å²) in [5.41, 5.74) is 3.09. The molecule has 0 radical (unpaired) electrons. The smallest absolute Gasteiger partial charge is 0.0212 e. The summed E-state index contributed by atoms with van der Waals surface area (Å²) in [6.07, 6.45) is 3.96. The van der Waals surface area contributed by atoms with E-state index < -0.39 is 0 Å². The van der Waals surface area contributed by atoms with Crippen molar-refractivity contribution in [2.75, 3.05) is 0 Å². The van der Waals surface area contributed by atoms with Crippen LogP contribution in [0.15, 0.2) is 22.7 Å². The molecule has 12 heavy (non-hydrogen) atoms. The predicted molar refractivity (Wildman–Crippen MR) is 55.5 cm³/mol. The summed E-state index contributed by atoms with van der Waals surface area (Å²) in [5.74, 6) is 0.740. The van der Waals surface area contributed by atoms with Crippen molar-refractivity contribution < 1.29 is 0 Å². The minimum atomic E-state index is 0.740. The zero-order valence-electron chi connectivity index (χ0n) is 7.31. The van der Waals surface area contributed by atoms with Crippen molar-refractivity contribution in [1.82, 2.24) is 0 Å². The normalized spacial score (nSPS) is 22.0. The van der Waals surface area contributed by atoms with E-state index in [-0.39, 0.29) is 0 Å². The van der Waals surface area contributed by atoms with Crippen molar-refractivity contribution in [3.8, 4) is 0 Å². The molecule has 0 heterocycles. The highest BCUT2D eigenvalue weighted by Crippen LogP contribution is 2.35. The molecule has 2 rings (SSSR count). The molecule has 0 aliphatic heterocycles. The van der Waals surface area contributed by atoms with Gasteiger partial charge in [-0.1, -0.05) is 35.0 Å². The van der Waals surface area contributed by atoms with Crippen LogP contribution in [0.25, 0.3) is 0 Å². The highest BCUT2D eigenvalue weighted by Gasteiger charge is 2.17. The van der Waals surface area contributed by atoms with E-state index in [2.05, 4.69) is 41.1 Å². The molecule has 1 heteroatoms. The first-order valence-electron chi connectivity index (χ1n) is 4.56. The topological polar surface area (TPSA) is 0 Å². The van der Waals surface area contributed by atoms with Crippen LogP contribution in [-0.4, -0.2) is 0 Å². The first-order chi connectivity index (χ1) is 5.79. The average molecular weight is 225 g/mol. The molecule has 1 aliphatic rings. The summed E-state index contributed by atoms with van der Waals surface area (Å²) in [7, 11) is 0. The molecule has 1 atom stereocenters. The molecular weight excluding hydrogens is 212 g/mol. The highest BCUT2D eigenvalue weighted by atomic mass is 79.9. The van der Waals surface area contributed by atoms with Gasteiger partial charge < -0.3 is 0 Å². The van der Waals surface area contributed by atoms with Crippen LogP contribution in [0.1, 0.15) is 36.8 Å². The standard InChI is InChI=1S/C11H13Br/c1-8-4-2-5-9-6-3-7-10(12)11(8)9/h3,6-8H,2,4-5H2,1H3. The number of halogens is 1. The van der Waals surface area contributed by atoms with Gasteiger partial charge in [-0.3, -0.25) is 0 Å². The van der Waals surface area contributed by atoms with Crippen molar-refractivity contribution in [2.24, 2.45) is 0 Å². The Morgan fingerprint density at radius 3 is 3.00 bits per heavy atom. The van der Waals surface area contributed by atoms with Crippen molar-refractivity contribution in [1.29, 1.82) is 0 Å². The third-order valence-electron chi connectivity index (χ3n) is 2.72. The van der Waals surface area contributed by atoms with Gasteiger partial charge in [-0.25, -0.2) is 0 Å². The van der Waals surface area contributed by atoms with Crippen LogP contribution in [-0.2, 0) is 6.42 Å². The Balaban J connectivity index is 2.53. The summed E-state index contributed by atoms with van der Waals surface area (Å²) in [6, 6.07) is 6.55. The molecule has 0 saturated carbocycles. The van der Waals surface area contributed by atoms with E-state index in [1.807, 2.05) is 0 Å². The monoisotopic (exact) mass is 224 g/mol. The van der Waals surface area contributed by atoms with Crippen LogP contribution >= 0.6 is 15.9 Å². The van der Waals surface area contributed by atoms with Crippen molar-refractivity contribution in [2.45, 2.75) is 32.1 Å². The van der Waals surface area contributed by atoms with Gasteiger partial charge in [0.05, 0.1) is 0 Å². The molecule has 0 spiro atoms. The number of fused-ring (bicyclic) bond motifs is 1. The molecule has 0 aromatic heterocycles. The maximum atomic E-state index is 3.62. The van der Waals surface area contributed by atoms with E-state index in [4.69, 9.17) is 0 Å². The SMILES string of the molecule is CC1CCCc2cccc(Br)c21. The molecule has 0 nitrogen and oxygen atoms in total. The minimum Gasteiger partial charge on any atom is -0.0609 e.